The summed E-state index contributed by atoms with van der Waals surface area (Å²) >= 11 is 0. The van der Waals surface area contributed by atoms with Crippen molar-refractivity contribution in [3.63, 3.8) is 0 Å². The molecule has 2 aromatic rings. The normalized spacial score (nSPS) is 10.9. The zero-order chi connectivity index (χ0) is 19.8. The Morgan fingerprint density at radius 3 is 2.48 bits per heavy atom. The first-order valence-corrected chi connectivity index (χ1v) is 8.39. The molecule has 0 fully saturated rings. The third-order valence-electron chi connectivity index (χ3n) is 3.80. The number of aliphatic imine (C=N–C) groups is 1. The highest BCUT2D eigenvalue weighted by Crippen LogP contribution is 2.19. The lowest BCUT2D eigenvalue weighted by atomic mass is 10.0. The van der Waals surface area contributed by atoms with E-state index in [2.05, 4.69) is 10.3 Å². The van der Waals surface area contributed by atoms with Gasteiger partial charge in [0.15, 0.2) is 5.96 Å². The van der Waals surface area contributed by atoms with Gasteiger partial charge in [-0.15, -0.1) is 0 Å². The van der Waals surface area contributed by atoms with E-state index in [1.807, 2.05) is 31.2 Å². The number of carbonyl (C=O) groups excluding carboxylic acids is 1. The average Bonchev–Trinajstić information content (AvgIpc) is 2.64. The predicted octanol–water partition coefficient (Wildman–Crippen LogP) is 2.40. The molecule has 0 saturated carbocycles. The molecule has 0 radical (unpaired) electrons. The lowest BCUT2D eigenvalue weighted by Gasteiger charge is -2.09. The van der Waals surface area contributed by atoms with Crippen LogP contribution in [0.15, 0.2) is 59.6 Å². The van der Waals surface area contributed by atoms with Crippen molar-refractivity contribution < 1.29 is 14.7 Å². The molecule has 0 aliphatic rings. The number of carboxylic acids is 1. The van der Waals surface area contributed by atoms with Gasteiger partial charge in [-0.1, -0.05) is 31.2 Å². The number of nitrogens with zero attached hydrogens (tertiary/aromatic N) is 1. The van der Waals surface area contributed by atoms with Gasteiger partial charge in [0, 0.05) is 18.2 Å². The summed E-state index contributed by atoms with van der Waals surface area (Å²) in [6.07, 6.45) is 1.80. The Morgan fingerprint density at radius 1 is 1.11 bits per heavy atom. The lowest BCUT2D eigenvalue weighted by Crippen LogP contribution is -2.23. The minimum Gasteiger partial charge on any atom is -0.478 e. The molecule has 0 aromatic heterocycles. The SMILES string of the molecule is CC/C(=C\C(=O)O)c1cccc(CNC(=O)c2cccc(N=C(N)N)c2)c1. The number of rotatable bonds is 7. The summed E-state index contributed by atoms with van der Waals surface area (Å²) in [6, 6.07) is 14.1. The maximum Gasteiger partial charge on any atom is 0.328 e. The molecule has 0 atom stereocenters. The first-order chi connectivity index (χ1) is 12.9. The Morgan fingerprint density at radius 2 is 1.81 bits per heavy atom. The van der Waals surface area contributed by atoms with Crippen LogP contribution in [0.4, 0.5) is 5.69 Å². The smallest absolute Gasteiger partial charge is 0.328 e. The molecule has 0 unspecified atom stereocenters. The first-order valence-electron chi connectivity index (χ1n) is 8.39. The van der Waals surface area contributed by atoms with Gasteiger partial charge in [0.25, 0.3) is 5.91 Å². The van der Waals surface area contributed by atoms with Gasteiger partial charge in [-0.05, 0) is 47.4 Å². The van der Waals surface area contributed by atoms with Crippen LogP contribution >= 0.6 is 0 Å². The van der Waals surface area contributed by atoms with E-state index in [-0.39, 0.29) is 11.9 Å². The number of nitrogens with two attached hydrogens (primary N) is 2. The van der Waals surface area contributed by atoms with Crippen LogP contribution in [0.1, 0.15) is 34.8 Å². The molecule has 27 heavy (non-hydrogen) atoms. The second kappa shape index (κ2) is 9.19. The molecule has 0 aliphatic carbocycles. The molecular weight excluding hydrogens is 344 g/mol. The van der Waals surface area contributed by atoms with Gasteiger partial charge in [0.2, 0.25) is 0 Å². The number of guanidine groups is 1. The van der Waals surface area contributed by atoms with Gasteiger partial charge >= 0.3 is 5.97 Å². The molecule has 7 heteroatoms. The van der Waals surface area contributed by atoms with E-state index in [4.69, 9.17) is 16.6 Å². The highest BCUT2D eigenvalue weighted by Gasteiger charge is 2.08. The predicted molar refractivity (Wildman–Crippen MR) is 105 cm³/mol. The summed E-state index contributed by atoms with van der Waals surface area (Å²) in [5.41, 5.74) is 14.0. The molecule has 0 heterocycles. The fourth-order valence-corrected chi connectivity index (χ4v) is 2.57. The maximum absolute atomic E-state index is 12.4. The molecule has 0 saturated heterocycles. The Kier molecular flexibility index (Phi) is 6.71. The molecule has 1 amide bonds. The Bertz CT molecular complexity index is 900. The number of allylic oxidation sites excluding steroid dienone is 1. The van der Waals surface area contributed by atoms with Crippen LogP contribution in [0.2, 0.25) is 0 Å². The minimum absolute atomic E-state index is 0.0782. The van der Waals surface area contributed by atoms with E-state index < -0.39 is 5.97 Å². The van der Waals surface area contributed by atoms with E-state index in [0.29, 0.717) is 24.2 Å². The van der Waals surface area contributed by atoms with Crippen LogP contribution in [0.3, 0.4) is 0 Å². The molecule has 0 aliphatic heterocycles. The molecule has 0 spiro atoms. The summed E-state index contributed by atoms with van der Waals surface area (Å²) in [5, 5.41) is 11.8. The number of carboxylic acid groups (broad SMARTS) is 1. The molecule has 0 bridgehead atoms. The Balaban J connectivity index is 2.11. The number of aliphatic carboxylic acids is 1. The van der Waals surface area contributed by atoms with Crippen molar-refractivity contribution in [1.29, 1.82) is 0 Å². The van der Waals surface area contributed by atoms with E-state index in [1.54, 1.807) is 24.3 Å². The fourth-order valence-electron chi connectivity index (χ4n) is 2.57. The van der Waals surface area contributed by atoms with Gasteiger partial charge in [-0.25, -0.2) is 9.79 Å². The van der Waals surface area contributed by atoms with Crippen LogP contribution in [-0.2, 0) is 11.3 Å². The minimum atomic E-state index is -0.980. The van der Waals surface area contributed by atoms with Crippen molar-refractivity contribution in [1.82, 2.24) is 5.32 Å². The number of benzene rings is 2. The van der Waals surface area contributed by atoms with Crippen molar-refractivity contribution in [3.05, 3.63) is 71.3 Å². The lowest BCUT2D eigenvalue weighted by molar-refractivity contribution is -0.131. The van der Waals surface area contributed by atoms with Gasteiger partial charge in [-0.3, -0.25) is 4.79 Å². The fraction of sp³-hybridized carbons (Fsp3) is 0.150. The number of nitrogens with one attached hydrogen (secondary N) is 1. The zero-order valence-corrected chi connectivity index (χ0v) is 15.0. The van der Waals surface area contributed by atoms with Gasteiger partial charge < -0.3 is 21.9 Å². The molecule has 6 N–H and O–H groups in total. The third kappa shape index (κ3) is 6.00. The van der Waals surface area contributed by atoms with Crippen molar-refractivity contribution >= 4 is 29.1 Å². The molecule has 2 aromatic carbocycles. The van der Waals surface area contributed by atoms with Gasteiger partial charge in [-0.2, -0.15) is 0 Å². The zero-order valence-electron chi connectivity index (χ0n) is 15.0. The van der Waals surface area contributed by atoms with E-state index in [1.165, 1.54) is 6.08 Å². The van der Waals surface area contributed by atoms with E-state index in [0.717, 1.165) is 16.7 Å². The number of hydrogen-bond acceptors (Lipinski definition) is 3. The maximum atomic E-state index is 12.4. The standard InChI is InChI=1S/C20H22N4O3/c1-2-14(11-18(25)26)15-6-3-5-13(9-15)12-23-19(27)16-7-4-8-17(10-16)24-20(21)22/h3-11H,2,12H2,1H3,(H,23,27)(H,25,26)(H4,21,22,24)/b14-11+. The van der Waals surface area contributed by atoms with Crippen molar-refractivity contribution in [2.45, 2.75) is 19.9 Å². The summed E-state index contributed by atoms with van der Waals surface area (Å²) in [4.78, 5) is 27.2. The van der Waals surface area contributed by atoms with Crippen LogP contribution in [0, 0.1) is 0 Å². The van der Waals surface area contributed by atoms with Crippen LogP contribution in [-0.4, -0.2) is 22.9 Å². The molecule has 7 nitrogen and oxygen atoms in total. The van der Waals surface area contributed by atoms with E-state index >= 15 is 0 Å². The average molecular weight is 366 g/mol. The van der Waals surface area contributed by atoms with Gasteiger partial charge in [0.05, 0.1) is 5.69 Å². The quantitative estimate of drug-likeness (QED) is 0.339. The van der Waals surface area contributed by atoms with Crippen molar-refractivity contribution in [2.75, 3.05) is 0 Å². The second-order valence-electron chi connectivity index (χ2n) is 5.83. The van der Waals surface area contributed by atoms with Crippen molar-refractivity contribution in [2.24, 2.45) is 16.5 Å². The third-order valence-corrected chi connectivity index (χ3v) is 3.80. The second-order valence-corrected chi connectivity index (χ2v) is 5.83. The summed E-state index contributed by atoms with van der Waals surface area (Å²) in [6.45, 7) is 2.20. The largest absolute Gasteiger partial charge is 0.478 e. The van der Waals surface area contributed by atoms with Crippen molar-refractivity contribution in [3.8, 4) is 0 Å². The van der Waals surface area contributed by atoms with E-state index in [9.17, 15) is 9.59 Å². The molecule has 140 valence electrons. The number of amides is 1. The van der Waals surface area contributed by atoms with Crippen LogP contribution < -0.4 is 16.8 Å². The highest BCUT2D eigenvalue weighted by molar-refractivity contribution is 5.95. The molecule has 2 rings (SSSR count). The van der Waals surface area contributed by atoms with Crippen LogP contribution in [0.5, 0.6) is 0 Å². The summed E-state index contributed by atoms with van der Waals surface area (Å²) in [5.74, 6) is -1.32. The Hall–Kier alpha value is -3.61. The number of hydrogen-bond donors (Lipinski definition) is 4. The summed E-state index contributed by atoms with van der Waals surface area (Å²) in [7, 11) is 0. The first kappa shape index (κ1) is 19.7. The Labute approximate surface area is 157 Å². The highest BCUT2D eigenvalue weighted by atomic mass is 16.4. The summed E-state index contributed by atoms with van der Waals surface area (Å²) < 4.78 is 0. The number of carbonyl (C=O) groups is 2. The van der Waals surface area contributed by atoms with Crippen LogP contribution in [0.25, 0.3) is 5.57 Å². The topological polar surface area (TPSA) is 131 Å². The van der Waals surface area contributed by atoms with Gasteiger partial charge in [0.1, 0.15) is 0 Å². The molecular formula is C20H22N4O3. The monoisotopic (exact) mass is 366 g/mol.